The molecule has 0 unspecified atom stereocenters. The smallest absolute Gasteiger partial charge is 0.341 e. The average molecular weight is 330 g/mol. The Hall–Kier alpha value is -2.35. The molecule has 0 radical (unpaired) electrons. The summed E-state index contributed by atoms with van der Waals surface area (Å²) in [6.07, 6.45) is 0.131. The molecule has 120 valence electrons. The molecule has 0 aliphatic rings. The first-order valence-corrected chi connectivity index (χ1v) is 6.88. The number of rotatable bonds is 7. The Balaban J connectivity index is 2.80. The molecule has 0 bridgehead atoms. The zero-order valence-electron chi connectivity index (χ0n) is 11.9. The van der Waals surface area contributed by atoms with E-state index in [1.165, 1.54) is 19.2 Å². The number of halogens is 1. The number of esters is 1. The van der Waals surface area contributed by atoms with Gasteiger partial charge in [0.15, 0.2) is 0 Å². The van der Waals surface area contributed by atoms with E-state index in [-0.39, 0.29) is 24.6 Å². The molecule has 1 rings (SSSR count). The standard InChI is InChI=1S/C13H16ClN3O5/c1-22-12(19)11(8-9-2-4-10(18)5-3-9)15-13(20)17(16-21)7-6-14/h2-5,11,18H,6-8H2,1H3,(H,15,20)/t11-/m0/s1. The molecule has 2 amide bonds. The number of urea groups is 1. The van der Waals surface area contributed by atoms with Gasteiger partial charge in [0.25, 0.3) is 0 Å². The zero-order chi connectivity index (χ0) is 16.5. The van der Waals surface area contributed by atoms with Crippen LogP contribution in [0.3, 0.4) is 0 Å². The second-order valence-corrected chi connectivity index (χ2v) is 4.67. The largest absolute Gasteiger partial charge is 0.508 e. The number of carbonyl (C=O) groups excluding carboxylic acids is 2. The van der Waals surface area contributed by atoms with Gasteiger partial charge >= 0.3 is 12.0 Å². The van der Waals surface area contributed by atoms with Crippen LogP contribution in [0.2, 0.25) is 0 Å². The minimum Gasteiger partial charge on any atom is -0.508 e. The molecule has 0 aromatic heterocycles. The van der Waals surface area contributed by atoms with Gasteiger partial charge in [0.2, 0.25) is 0 Å². The van der Waals surface area contributed by atoms with Gasteiger partial charge in [-0.2, -0.15) is 5.01 Å². The van der Waals surface area contributed by atoms with Gasteiger partial charge in [-0.1, -0.05) is 12.1 Å². The number of phenols is 1. The molecule has 22 heavy (non-hydrogen) atoms. The Morgan fingerprint density at radius 2 is 2.05 bits per heavy atom. The Labute approximate surface area is 131 Å². The maximum absolute atomic E-state index is 11.9. The normalized spacial score (nSPS) is 11.4. The number of phenolic OH excluding ortho intramolecular Hbond substituents is 1. The summed E-state index contributed by atoms with van der Waals surface area (Å²) < 4.78 is 4.63. The van der Waals surface area contributed by atoms with Crippen LogP contribution in [0, 0.1) is 4.91 Å². The third kappa shape index (κ3) is 5.21. The van der Waals surface area contributed by atoms with Crippen molar-refractivity contribution in [3.05, 3.63) is 34.7 Å². The number of methoxy groups -OCH3 is 1. The number of nitroso groups, excluding NO2 is 1. The summed E-state index contributed by atoms with van der Waals surface area (Å²) in [7, 11) is 1.19. The number of hydrogen-bond acceptors (Lipinski definition) is 6. The van der Waals surface area contributed by atoms with E-state index in [9.17, 15) is 19.6 Å². The lowest BCUT2D eigenvalue weighted by molar-refractivity contribution is -0.142. The molecule has 0 heterocycles. The minimum atomic E-state index is -0.999. The highest BCUT2D eigenvalue weighted by Crippen LogP contribution is 2.12. The van der Waals surface area contributed by atoms with E-state index in [4.69, 9.17) is 11.6 Å². The van der Waals surface area contributed by atoms with Crippen LogP contribution in [0.1, 0.15) is 5.56 Å². The maximum atomic E-state index is 11.9. The van der Waals surface area contributed by atoms with E-state index in [0.717, 1.165) is 0 Å². The van der Waals surface area contributed by atoms with Crippen LogP contribution >= 0.6 is 11.6 Å². The fraction of sp³-hybridized carbons (Fsp3) is 0.385. The first-order valence-electron chi connectivity index (χ1n) is 6.34. The van der Waals surface area contributed by atoms with E-state index in [1.54, 1.807) is 12.1 Å². The molecule has 1 aromatic rings. The average Bonchev–Trinajstić information content (AvgIpc) is 2.53. The second kappa shape index (κ2) is 8.83. The maximum Gasteiger partial charge on any atom is 0.341 e. The number of benzene rings is 1. The van der Waals surface area contributed by atoms with Gasteiger partial charge in [-0.05, 0) is 17.7 Å². The molecule has 9 heteroatoms. The summed E-state index contributed by atoms with van der Waals surface area (Å²) in [6, 6.07) is 4.28. The van der Waals surface area contributed by atoms with Gasteiger partial charge < -0.3 is 15.2 Å². The van der Waals surface area contributed by atoms with Crippen LogP contribution in [-0.2, 0) is 16.0 Å². The Morgan fingerprint density at radius 3 is 2.55 bits per heavy atom. The molecule has 0 fully saturated rings. The molecule has 0 saturated heterocycles. The van der Waals surface area contributed by atoms with Crippen molar-refractivity contribution in [3.8, 4) is 5.75 Å². The topological polar surface area (TPSA) is 108 Å². The quantitative estimate of drug-likeness (QED) is 0.340. The Kier molecular flexibility index (Phi) is 7.11. The van der Waals surface area contributed by atoms with Crippen LogP contribution in [0.15, 0.2) is 29.6 Å². The molecule has 1 atom stereocenters. The second-order valence-electron chi connectivity index (χ2n) is 4.29. The van der Waals surface area contributed by atoms with Gasteiger partial charge in [-0.15, -0.1) is 16.5 Å². The summed E-state index contributed by atoms with van der Waals surface area (Å²) in [5, 5.41) is 14.7. The SMILES string of the molecule is COC(=O)[C@H](Cc1ccc(O)cc1)NC(=O)N(CCCl)N=O. The fourth-order valence-corrected chi connectivity index (χ4v) is 1.85. The lowest BCUT2D eigenvalue weighted by atomic mass is 10.1. The molecule has 2 N–H and O–H groups in total. The Morgan fingerprint density at radius 1 is 1.41 bits per heavy atom. The van der Waals surface area contributed by atoms with E-state index in [2.05, 4.69) is 15.3 Å². The number of nitrogens with one attached hydrogen (secondary N) is 1. The molecule has 0 aliphatic carbocycles. The number of amides is 2. The predicted octanol–water partition coefficient (Wildman–Crippen LogP) is 1.41. The highest BCUT2D eigenvalue weighted by molar-refractivity contribution is 6.18. The number of hydrogen-bond donors (Lipinski definition) is 2. The summed E-state index contributed by atoms with van der Waals surface area (Å²) >= 11 is 5.45. The van der Waals surface area contributed by atoms with Gasteiger partial charge in [0.1, 0.15) is 11.8 Å². The summed E-state index contributed by atoms with van der Waals surface area (Å²) in [4.78, 5) is 34.2. The van der Waals surface area contributed by atoms with Gasteiger partial charge in [-0.25, -0.2) is 9.59 Å². The lowest BCUT2D eigenvalue weighted by Gasteiger charge is -2.19. The third-order valence-corrected chi connectivity index (χ3v) is 2.96. The van der Waals surface area contributed by atoms with E-state index in [1.807, 2.05) is 0 Å². The van der Waals surface area contributed by atoms with Gasteiger partial charge in [-0.3, -0.25) is 0 Å². The first kappa shape index (κ1) is 17.7. The van der Waals surface area contributed by atoms with Gasteiger partial charge in [0, 0.05) is 12.3 Å². The van der Waals surface area contributed by atoms with Crippen molar-refractivity contribution in [2.45, 2.75) is 12.5 Å². The van der Waals surface area contributed by atoms with E-state index < -0.39 is 18.0 Å². The van der Waals surface area contributed by atoms with E-state index in [0.29, 0.717) is 10.6 Å². The van der Waals surface area contributed by atoms with Gasteiger partial charge in [0.05, 0.1) is 18.9 Å². The van der Waals surface area contributed by atoms with E-state index >= 15 is 0 Å². The molecule has 0 saturated carbocycles. The van der Waals surface area contributed by atoms with Crippen LogP contribution in [0.25, 0.3) is 0 Å². The predicted molar refractivity (Wildman–Crippen MR) is 79.4 cm³/mol. The van der Waals surface area contributed by atoms with Crippen LogP contribution in [0.5, 0.6) is 5.75 Å². The minimum absolute atomic E-state index is 0.0278. The molecular formula is C13H16ClN3O5. The van der Waals surface area contributed by atoms with Crippen LogP contribution in [0.4, 0.5) is 4.79 Å². The van der Waals surface area contributed by atoms with Crippen molar-refractivity contribution in [3.63, 3.8) is 0 Å². The van der Waals surface area contributed by atoms with Crippen LogP contribution in [-0.4, -0.2) is 47.7 Å². The zero-order valence-corrected chi connectivity index (χ0v) is 12.6. The van der Waals surface area contributed by atoms with Crippen molar-refractivity contribution >= 4 is 23.6 Å². The summed E-state index contributed by atoms with van der Waals surface area (Å²) in [5.41, 5.74) is 0.691. The first-order chi connectivity index (χ1) is 10.5. The van der Waals surface area contributed by atoms with Crippen molar-refractivity contribution in [2.24, 2.45) is 5.29 Å². The third-order valence-electron chi connectivity index (χ3n) is 2.79. The Bertz CT molecular complexity index is 523. The monoisotopic (exact) mass is 329 g/mol. The van der Waals surface area contributed by atoms with Crippen molar-refractivity contribution < 1.29 is 19.4 Å². The number of alkyl halides is 1. The van der Waals surface area contributed by atoms with Crippen molar-refractivity contribution in [1.82, 2.24) is 10.3 Å². The molecule has 0 spiro atoms. The summed E-state index contributed by atoms with van der Waals surface area (Å²) in [6.45, 7) is -0.0794. The number of nitrogens with zero attached hydrogens (tertiary/aromatic N) is 2. The lowest BCUT2D eigenvalue weighted by Crippen LogP contribution is -2.48. The molecule has 8 nitrogen and oxygen atoms in total. The summed E-state index contributed by atoms with van der Waals surface area (Å²) in [5.74, 6) is -0.556. The number of carbonyl (C=O) groups is 2. The highest BCUT2D eigenvalue weighted by atomic mass is 35.5. The van der Waals surface area contributed by atoms with Crippen molar-refractivity contribution in [2.75, 3.05) is 19.5 Å². The van der Waals surface area contributed by atoms with Crippen LogP contribution < -0.4 is 5.32 Å². The number of ether oxygens (including phenoxy) is 1. The number of aromatic hydroxyl groups is 1. The molecular weight excluding hydrogens is 314 g/mol. The fourth-order valence-electron chi connectivity index (χ4n) is 1.69. The molecule has 1 aromatic carbocycles. The molecule has 0 aliphatic heterocycles. The highest BCUT2D eigenvalue weighted by Gasteiger charge is 2.25. The van der Waals surface area contributed by atoms with Crippen molar-refractivity contribution in [1.29, 1.82) is 0 Å².